The molecule has 29 heavy (non-hydrogen) atoms. The van der Waals surface area contributed by atoms with Crippen LogP contribution in [0.25, 0.3) is 17.1 Å². The molecule has 0 saturated heterocycles. The predicted octanol–water partition coefficient (Wildman–Crippen LogP) is 4.89. The Bertz CT molecular complexity index is 978. The summed E-state index contributed by atoms with van der Waals surface area (Å²) in [6, 6.07) is 9.04. The highest BCUT2D eigenvalue weighted by Gasteiger charge is 2.18. The van der Waals surface area contributed by atoms with Crippen LogP contribution >= 0.6 is 35.0 Å². The molecule has 2 heterocycles. The van der Waals surface area contributed by atoms with Gasteiger partial charge in [-0.1, -0.05) is 48.8 Å². The Kier molecular flexibility index (Phi) is 7.52. The van der Waals surface area contributed by atoms with E-state index >= 15 is 0 Å². The summed E-state index contributed by atoms with van der Waals surface area (Å²) in [6.45, 7) is 4.92. The molecule has 3 rings (SSSR count). The number of hydrogen-bond acceptors (Lipinski definition) is 5. The van der Waals surface area contributed by atoms with Crippen LogP contribution in [0.15, 0.2) is 47.9 Å². The van der Waals surface area contributed by atoms with Crippen LogP contribution in [0.1, 0.15) is 20.3 Å². The number of carbonyl (C=O) groups is 1. The molecule has 0 aliphatic heterocycles. The number of nitrogens with one attached hydrogen (secondary N) is 1. The molecule has 6 nitrogen and oxygen atoms in total. The van der Waals surface area contributed by atoms with E-state index in [9.17, 15) is 4.79 Å². The van der Waals surface area contributed by atoms with Gasteiger partial charge in [0, 0.05) is 24.5 Å². The molecule has 1 N–H and O–H groups in total. The van der Waals surface area contributed by atoms with Crippen molar-refractivity contribution in [1.82, 2.24) is 25.1 Å². The third kappa shape index (κ3) is 5.72. The average Bonchev–Trinajstić information content (AvgIpc) is 3.13. The number of benzene rings is 1. The summed E-state index contributed by atoms with van der Waals surface area (Å²) in [6.07, 6.45) is 4.35. The molecule has 0 aliphatic rings. The van der Waals surface area contributed by atoms with E-state index in [1.54, 1.807) is 24.5 Å². The number of amides is 1. The molecule has 0 fully saturated rings. The van der Waals surface area contributed by atoms with Gasteiger partial charge in [0.1, 0.15) is 0 Å². The second-order valence-corrected chi connectivity index (χ2v) is 8.56. The fourth-order valence-electron chi connectivity index (χ4n) is 2.58. The SMILES string of the molecule is CC(C)CCNC(=O)CSc1nnc(-c2cccnc2)n1-c1ccc(Cl)c(Cl)c1. The highest BCUT2D eigenvalue weighted by Crippen LogP contribution is 2.31. The maximum absolute atomic E-state index is 12.2. The Morgan fingerprint density at radius 2 is 2.03 bits per heavy atom. The van der Waals surface area contributed by atoms with Crippen molar-refractivity contribution in [1.29, 1.82) is 0 Å². The Hall–Kier alpha value is -2.09. The highest BCUT2D eigenvalue weighted by molar-refractivity contribution is 7.99. The quantitative estimate of drug-likeness (QED) is 0.495. The number of nitrogens with zero attached hydrogens (tertiary/aromatic N) is 4. The predicted molar refractivity (Wildman–Crippen MR) is 118 cm³/mol. The first-order valence-corrected chi connectivity index (χ1v) is 10.9. The van der Waals surface area contributed by atoms with Gasteiger partial charge in [0.15, 0.2) is 11.0 Å². The molecular weight excluding hydrogens is 429 g/mol. The zero-order valence-electron chi connectivity index (χ0n) is 16.1. The zero-order chi connectivity index (χ0) is 20.8. The summed E-state index contributed by atoms with van der Waals surface area (Å²) in [5.74, 6) is 1.36. The monoisotopic (exact) mass is 449 g/mol. The van der Waals surface area contributed by atoms with E-state index in [1.165, 1.54) is 11.8 Å². The number of thioether (sulfide) groups is 1. The fourth-order valence-corrected chi connectivity index (χ4v) is 3.66. The maximum Gasteiger partial charge on any atom is 0.230 e. The van der Waals surface area contributed by atoms with E-state index < -0.39 is 0 Å². The molecule has 0 saturated carbocycles. The largest absolute Gasteiger partial charge is 0.355 e. The van der Waals surface area contributed by atoms with Gasteiger partial charge in [-0.25, -0.2) is 0 Å². The van der Waals surface area contributed by atoms with Crippen LogP contribution in [0.5, 0.6) is 0 Å². The summed E-state index contributed by atoms with van der Waals surface area (Å²) >= 11 is 13.6. The number of aromatic nitrogens is 4. The van der Waals surface area contributed by atoms with Crippen molar-refractivity contribution < 1.29 is 4.79 Å². The number of hydrogen-bond donors (Lipinski definition) is 1. The van der Waals surface area contributed by atoms with Crippen LogP contribution in [0.3, 0.4) is 0 Å². The Morgan fingerprint density at radius 3 is 2.72 bits per heavy atom. The van der Waals surface area contributed by atoms with Crippen LogP contribution in [-0.4, -0.2) is 38.0 Å². The first kappa shape index (κ1) is 21.6. The summed E-state index contributed by atoms with van der Waals surface area (Å²) in [5.41, 5.74) is 1.56. The topological polar surface area (TPSA) is 72.7 Å². The van der Waals surface area contributed by atoms with Gasteiger partial charge in [-0.05, 0) is 42.7 Å². The molecular formula is C20H21Cl2N5OS. The molecule has 1 amide bonds. The fraction of sp³-hybridized carbons (Fsp3) is 0.300. The van der Waals surface area contributed by atoms with Gasteiger partial charge in [0.05, 0.1) is 21.5 Å². The highest BCUT2D eigenvalue weighted by atomic mass is 35.5. The molecule has 152 valence electrons. The molecule has 0 aliphatic carbocycles. The Morgan fingerprint density at radius 1 is 1.21 bits per heavy atom. The molecule has 1 aromatic carbocycles. The minimum atomic E-state index is -0.0396. The Balaban J connectivity index is 1.86. The van der Waals surface area contributed by atoms with Gasteiger partial charge in [-0.15, -0.1) is 10.2 Å². The molecule has 3 aromatic rings. The second kappa shape index (κ2) is 10.1. The van der Waals surface area contributed by atoms with Crippen molar-refractivity contribution in [3.8, 4) is 17.1 Å². The van der Waals surface area contributed by atoms with Crippen molar-refractivity contribution in [2.24, 2.45) is 5.92 Å². The van der Waals surface area contributed by atoms with Gasteiger partial charge in [-0.3, -0.25) is 14.3 Å². The van der Waals surface area contributed by atoms with E-state index in [2.05, 4.69) is 34.3 Å². The first-order chi connectivity index (χ1) is 14.0. The lowest BCUT2D eigenvalue weighted by molar-refractivity contribution is -0.118. The minimum Gasteiger partial charge on any atom is -0.355 e. The van der Waals surface area contributed by atoms with Crippen molar-refractivity contribution >= 4 is 40.9 Å². The molecule has 2 aromatic heterocycles. The third-order valence-corrected chi connectivity index (χ3v) is 5.76. The van der Waals surface area contributed by atoms with E-state index in [1.807, 2.05) is 22.8 Å². The van der Waals surface area contributed by atoms with E-state index in [0.29, 0.717) is 33.5 Å². The summed E-state index contributed by atoms with van der Waals surface area (Å²) < 4.78 is 1.85. The normalized spacial score (nSPS) is 11.1. The smallest absolute Gasteiger partial charge is 0.230 e. The maximum atomic E-state index is 12.2. The standard InChI is InChI=1S/C20H21Cl2N5OS/c1-13(2)7-9-24-18(28)12-29-20-26-25-19(14-4-3-8-23-11-14)27(20)15-5-6-16(21)17(22)10-15/h3-6,8,10-11,13H,7,9,12H2,1-2H3,(H,24,28). The van der Waals surface area contributed by atoms with Crippen LogP contribution < -0.4 is 5.32 Å². The van der Waals surface area contributed by atoms with Crippen molar-refractivity contribution in [2.45, 2.75) is 25.4 Å². The first-order valence-electron chi connectivity index (χ1n) is 9.16. The van der Waals surface area contributed by atoms with Crippen LogP contribution in [0.4, 0.5) is 0 Å². The van der Waals surface area contributed by atoms with Crippen molar-refractivity contribution in [3.63, 3.8) is 0 Å². The van der Waals surface area contributed by atoms with Crippen molar-refractivity contribution in [2.75, 3.05) is 12.3 Å². The van der Waals surface area contributed by atoms with Crippen LogP contribution in [0, 0.1) is 5.92 Å². The number of halogens is 2. The minimum absolute atomic E-state index is 0.0396. The number of pyridine rings is 1. The number of carbonyl (C=O) groups excluding carboxylic acids is 1. The summed E-state index contributed by atoms with van der Waals surface area (Å²) in [5, 5.41) is 13.0. The summed E-state index contributed by atoms with van der Waals surface area (Å²) in [4.78, 5) is 16.3. The second-order valence-electron chi connectivity index (χ2n) is 6.80. The molecule has 0 radical (unpaired) electrons. The lowest BCUT2D eigenvalue weighted by atomic mass is 10.1. The third-order valence-electron chi connectivity index (χ3n) is 4.09. The van der Waals surface area contributed by atoms with Crippen LogP contribution in [-0.2, 0) is 4.79 Å². The van der Waals surface area contributed by atoms with Gasteiger partial charge < -0.3 is 5.32 Å². The summed E-state index contributed by atoms with van der Waals surface area (Å²) in [7, 11) is 0. The van der Waals surface area contributed by atoms with E-state index in [0.717, 1.165) is 17.7 Å². The average molecular weight is 450 g/mol. The van der Waals surface area contributed by atoms with Gasteiger partial charge in [0.25, 0.3) is 0 Å². The number of rotatable bonds is 8. The van der Waals surface area contributed by atoms with Crippen LogP contribution in [0.2, 0.25) is 10.0 Å². The van der Waals surface area contributed by atoms with Gasteiger partial charge in [0.2, 0.25) is 5.91 Å². The molecule has 0 atom stereocenters. The molecule has 9 heteroatoms. The van der Waals surface area contributed by atoms with E-state index in [4.69, 9.17) is 23.2 Å². The van der Waals surface area contributed by atoms with Gasteiger partial charge >= 0.3 is 0 Å². The zero-order valence-corrected chi connectivity index (χ0v) is 18.4. The van der Waals surface area contributed by atoms with Gasteiger partial charge in [-0.2, -0.15) is 0 Å². The molecule has 0 unspecified atom stereocenters. The lowest BCUT2D eigenvalue weighted by Gasteiger charge is -2.11. The Labute approximate surface area is 184 Å². The van der Waals surface area contributed by atoms with Crippen molar-refractivity contribution in [3.05, 3.63) is 52.8 Å². The molecule has 0 bridgehead atoms. The molecule has 0 spiro atoms. The van der Waals surface area contributed by atoms with E-state index in [-0.39, 0.29) is 11.7 Å². The lowest BCUT2D eigenvalue weighted by Crippen LogP contribution is -2.27.